The van der Waals surface area contributed by atoms with E-state index in [0.29, 0.717) is 0 Å². The highest BCUT2D eigenvalue weighted by Crippen LogP contribution is 2.13. The first kappa shape index (κ1) is 13.3. The molecule has 1 atom stereocenters. The van der Waals surface area contributed by atoms with Gasteiger partial charge < -0.3 is 9.30 Å². The van der Waals surface area contributed by atoms with Gasteiger partial charge in [0.05, 0.1) is 7.11 Å². The van der Waals surface area contributed by atoms with Crippen molar-refractivity contribution >= 4 is 5.97 Å². The number of rotatable bonds is 5. The standard InChI is InChI=1S/C15H18N2O2/c1-12(15(18)19-2)17-11-10-16-14(17)9-8-13-6-4-3-5-7-13/h3-7,10-12H,8-9H2,1-2H3. The Kier molecular flexibility index (Phi) is 4.34. The van der Waals surface area contributed by atoms with Crippen LogP contribution < -0.4 is 0 Å². The van der Waals surface area contributed by atoms with Crippen LogP contribution in [-0.4, -0.2) is 22.6 Å². The average Bonchev–Trinajstić information content (AvgIpc) is 2.93. The number of carbonyl (C=O) groups excluding carboxylic acids is 1. The fourth-order valence-electron chi connectivity index (χ4n) is 2.08. The van der Waals surface area contributed by atoms with Crippen molar-refractivity contribution in [3.05, 3.63) is 54.1 Å². The lowest BCUT2D eigenvalue weighted by Gasteiger charge is -2.14. The van der Waals surface area contributed by atoms with Crippen molar-refractivity contribution in [2.75, 3.05) is 7.11 Å². The molecule has 0 bridgehead atoms. The minimum Gasteiger partial charge on any atom is -0.467 e. The van der Waals surface area contributed by atoms with Gasteiger partial charge in [0.15, 0.2) is 0 Å². The molecule has 2 rings (SSSR count). The Balaban J connectivity index is 2.06. The van der Waals surface area contributed by atoms with Crippen LogP contribution >= 0.6 is 0 Å². The lowest BCUT2D eigenvalue weighted by atomic mass is 10.1. The number of hydrogen-bond acceptors (Lipinski definition) is 3. The van der Waals surface area contributed by atoms with E-state index in [9.17, 15) is 4.79 Å². The van der Waals surface area contributed by atoms with Gasteiger partial charge in [-0.15, -0.1) is 0 Å². The topological polar surface area (TPSA) is 44.1 Å². The highest BCUT2D eigenvalue weighted by atomic mass is 16.5. The molecule has 1 aromatic carbocycles. The molecule has 0 saturated carbocycles. The van der Waals surface area contributed by atoms with Gasteiger partial charge >= 0.3 is 5.97 Å². The summed E-state index contributed by atoms with van der Waals surface area (Å²) < 4.78 is 6.64. The lowest BCUT2D eigenvalue weighted by Crippen LogP contribution is -2.19. The first-order chi connectivity index (χ1) is 9.22. The number of methoxy groups -OCH3 is 1. The van der Waals surface area contributed by atoms with Crippen LogP contribution in [0.5, 0.6) is 0 Å². The zero-order chi connectivity index (χ0) is 13.7. The van der Waals surface area contributed by atoms with Crippen molar-refractivity contribution < 1.29 is 9.53 Å². The van der Waals surface area contributed by atoms with Crippen LogP contribution in [0, 0.1) is 0 Å². The average molecular weight is 258 g/mol. The molecule has 0 aliphatic heterocycles. The molecule has 0 saturated heterocycles. The Morgan fingerprint density at radius 1 is 1.32 bits per heavy atom. The number of esters is 1. The van der Waals surface area contributed by atoms with Crippen molar-refractivity contribution in [3.8, 4) is 0 Å². The molecule has 4 heteroatoms. The maximum atomic E-state index is 11.6. The van der Waals surface area contributed by atoms with Crippen molar-refractivity contribution in [2.24, 2.45) is 0 Å². The third-order valence-electron chi connectivity index (χ3n) is 3.19. The van der Waals surface area contributed by atoms with Crippen LogP contribution in [-0.2, 0) is 22.4 Å². The van der Waals surface area contributed by atoms with Gasteiger partial charge in [-0.25, -0.2) is 9.78 Å². The van der Waals surface area contributed by atoms with Gasteiger partial charge in [0.2, 0.25) is 0 Å². The second-order valence-electron chi connectivity index (χ2n) is 4.44. The van der Waals surface area contributed by atoms with Crippen LogP contribution in [0.15, 0.2) is 42.7 Å². The summed E-state index contributed by atoms with van der Waals surface area (Å²) in [5.41, 5.74) is 1.27. The van der Waals surface area contributed by atoms with Crippen LogP contribution in [0.25, 0.3) is 0 Å². The van der Waals surface area contributed by atoms with Gasteiger partial charge in [0.25, 0.3) is 0 Å². The molecule has 0 fully saturated rings. The molecule has 1 aromatic heterocycles. The second-order valence-corrected chi connectivity index (χ2v) is 4.44. The van der Waals surface area contributed by atoms with Crippen LogP contribution in [0.1, 0.15) is 24.4 Å². The summed E-state index contributed by atoms with van der Waals surface area (Å²) in [6.45, 7) is 1.82. The van der Waals surface area contributed by atoms with E-state index in [2.05, 4.69) is 17.1 Å². The number of ether oxygens (including phenoxy) is 1. The quantitative estimate of drug-likeness (QED) is 0.773. The van der Waals surface area contributed by atoms with Crippen molar-refractivity contribution in [1.29, 1.82) is 0 Å². The largest absolute Gasteiger partial charge is 0.467 e. The van der Waals surface area contributed by atoms with Crippen LogP contribution in [0.2, 0.25) is 0 Å². The van der Waals surface area contributed by atoms with E-state index >= 15 is 0 Å². The summed E-state index contributed by atoms with van der Waals surface area (Å²) in [6, 6.07) is 9.91. The fourth-order valence-corrected chi connectivity index (χ4v) is 2.08. The SMILES string of the molecule is COC(=O)C(C)n1ccnc1CCc1ccccc1. The fraction of sp³-hybridized carbons (Fsp3) is 0.333. The van der Waals surface area contributed by atoms with E-state index in [4.69, 9.17) is 4.74 Å². The molecule has 2 aromatic rings. The molecule has 4 nitrogen and oxygen atoms in total. The van der Waals surface area contributed by atoms with Gasteiger partial charge in [-0.3, -0.25) is 0 Å². The Hall–Kier alpha value is -2.10. The van der Waals surface area contributed by atoms with Crippen LogP contribution in [0.4, 0.5) is 0 Å². The van der Waals surface area contributed by atoms with E-state index < -0.39 is 0 Å². The molecule has 1 heterocycles. The smallest absolute Gasteiger partial charge is 0.328 e. The molecular formula is C15H18N2O2. The second kappa shape index (κ2) is 6.18. The summed E-state index contributed by atoms with van der Waals surface area (Å²) >= 11 is 0. The Bertz CT molecular complexity index is 534. The van der Waals surface area contributed by atoms with E-state index in [0.717, 1.165) is 18.7 Å². The molecule has 0 amide bonds. The van der Waals surface area contributed by atoms with E-state index in [1.165, 1.54) is 12.7 Å². The lowest BCUT2D eigenvalue weighted by molar-refractivity contribution is -0.144. The first-order valence-electron chi connectivity index (χ1n) is 6.36. The number of benzene rings is 1. The van der Waals surface area contributed by atoms with Gasteiger partial charge in [-0.2, -0.15) is 0 Å². The molecule has 0 N–H and O–H groups in total. The molecule has 1 unspecified atom stereocenters. The predicted molar refractivity (Wildman–Crippen MR) is 72.8 cm³/mol. The Morgan fingerprint density at radius 3 is 2.74 bits per heavy atom. The van der Waals surface area contributed by atoms with E-state index in [-0.39, 0.29) is 12.0 Å². The summed E-state index contributed by atoms with van der Waals surface area (Å²) in [5, 5.41) is 0. The predicted octanol–water partition coefficient (Wildman–Crippen LogP) is 2.40. The molecule has 0 spiro atoms. The number of hydrogen-bond donors (Lipinski definition) is 0. The number of imidazole rings is 1. The van der Waals surface area contributed by atoms with E-state index in [1.807, 2.05) is 35.9 Å². The zero-order valence-electron chi connectivity index (χ0n) is 11.2. The van der Waals surface area contributed by atoms with Gasteiger partial charge in [-0.1, -0.05) is 30.3 Å². The maximum Gasteiger partial charge on any atom is 0.328 e. The maximum absolute atomic E-state index is 11.6. The summed E-state index contributed by atoms with van der Waals surface area (Å²) in [5.74, 6) is 0.653. The normalized spacial score (nSPS) is 12.1. The van der Waals surface area contributed by atoms with E-state index in [1.54, 1.807) is 6.20 Å². The minimum atomic E-state index is -0.335. The van der Waals surface area contributed by atoms with Crippen molar-refractivity contribution in [2.45, 2.75) is 25.8 Å². The monoisotopic (exact) mass is 258 g/mol. The molecule has 19 heavy (non-hydrogen) atoms. The highest BCUT2D eigenvalue weighted by molar-refractivity contribution is 5.73. The minimum absolute atomic E-state index is 0.251. The van der Waals surface area contributed by atoms with Gasteiger partial charge in [0, 0.05) is 18.8 Å². The molecule has 0 radical (unpaired) electrons. The molecule has 0 aliphatic carbocycles. The molecular weight excluding hydrogens is 240 g/mol. The number of aromatic nitrogens is 2. The van der Waals surface area contributed by atoms with Crippen LogP contribution in [0.3, 0.4) is 0 Å². The van der Waals surface area contributed by atoms with Crippen molar-refractivity contribution in [1.82, 2.24) is 9.55 Å². The summed E-state index contributed by atoms with van der Waals surface area (Å²) in [7, 11) is 1.40. The third-order valence-corrected chi connectivity index (χ3v) is 3.19. The van der Waals surface area contributed by atoms with Gasteiger partial charge in [0.1, 0.15) is 11.9 Å². The van der Waals surface area contributed by atoms with Gasteiger partial charge in [-0.05, 0) is 18.9 Å². The molecule has 0 aliphatic rings. The number of nitrogens with zero attached hydrogens (tertiary/aromatic N) is 2. The van der Waals surface area contributed by atoms with Crippen molar-refractivity contribution in [3.63, 3.8) is 0 Å². The Labute approximate surface area is 113 Å². The zero-order valence-corrected chi connectivity index (χ0v) is 11.2. The summed E-state index contributed by atoms with van der Waals surface area (Å²) in [6.07, 6.45) is 5.26. The number of carbonyl (C=O) groups is 1. The first-order valence-corrected chi connectivity index (χ1v) is 6.36. The highest BCUT2D eigenvalue weighted by Gasteiger charge is 2.17. The third kappa shape index (κ3) is 3.22. The molecule has 100 valence electrons. The Morgan fingerprint density at radius 2 is 2.05 bits per heavy atom. The summed E-state index contributed by atoms with van der Waals surface area (Å²) in [4.78, 5) is 15.9. The number of aryl methyl sites for hydroxylation is 2.